The fraction of sp³-hybridized carbons (Fsp3) is 0.200. The number of aryl methyl sites for hydroxylation is 1. The lowest BCUT2D eigenvalue weighted by Crippen LogP contribution is -2.30. The number of fused-ring (bicyclic) bond motifs is 1. The lowest BCUT2D eigenvalue weighted by molar-refractivity contribution is 0.700. The van der Waals surface area contributed by atoms with Gasteiger partial charge in [-0.2, -0.15) is 5.10 Å². The lowest BCUT2D eigenvalue weighted by atomic mass is 10.4. The van der Waals surface area contributed by atoms with Gasteiger partial charge in [-0.3, -0.25) is 9.89 Å². The first-order valence-corrected chi connectivity index (χ1v) is 3.26. The predicted molar refractivity (Wildman–Crippen MR) is 40.8 cm³/mol. The summed E-state index contributed by atoms with van der Waals surface area (Å²) in [4.78, 5) is 11.8. The maximum Gasteiger partial charge on any atom is 0.317 e. The van der Waals surface area contributed by atoms with E-state index in [1.807, 2.05) is 0 Å². The van der Waals surface area contributed by atoms with Gasteiger partial charge in [0.05, 0.1) is 5.69 Å². The first kappa shape index (κ1) is 6.77. The van der Waals surface area contributed by atoms with Crippen LogP contribution < -0.4 is 11.4 Å². The molecule has 0 aromatic carbocycles. The highest BCUT2D eigenvalue weighted by atomic mass is 16.1. The summed E-state index contributed by atoms with van der Waals surface area (Å²) in [6.07, 6.45) is 0. The fourth-order valence-electron chi connectivity index (χ4n) is 0.937. The Hall–Kier alpha value is -1.92. The molecule has 2 aromatic rings. The van der Waals surface area contributed by atoms with Crippen molar-refractivity contribution in [2.24, 2.45) is 0 Å². The number of aromatic nitrogens is 5. The van der Waals surface area contributed by atoms with E-state index in [9.17, 15) is 4.79 Å². The number of nitrogens with two attached hydrogens (primary N) is 1. The molecule has 0 atom stereocenters. The molecule has 0 spiro atoms. The first-order chi connectivity index (χ1) is 5.70. The van der Waals surface area contributed by atoms with Gasteiger partial charge >= 0.3 is 5.56 Å². The summed E-state index contributed by atoms with van der Waals surface area (Å²) in [7, 11) is 0. The Labute approximate surface area is 66.2 Å². The summed E-state index contributed by atoms with van der Waals surface area (Å²) in [6, 6.07) is 0. The summed E-state index contributed by atoms with van der Waals surface area (Å²) in [5.74, 6) is 5.17. The smallest absolute Gasteiger partial charge is 0.317 e. The molecule has 0 saturated heterocycles. The largest absolute Gasteiger partial charge is 0.318 e. The van der Waals surface area contributed by atoms with Crippen LogP contribution in [0.15, 0.2) is 4.79 Å². The Kier molecular flexibility index (Phi) is 1.15. The number of nitrogens with one attached hydrogen (secondary N) is 1. The van der Waals surface area contributed by atoms with E-state index in [1.54, 1.807) is 6.92 Å². The minimum absolute atomic E-state index is 0.213. The molecule has 3 N–H and O–H groups in total. The van der Waals surface area contributed by atoms with Gasteiger partial charge in [0.25, 0.3) is 0 Å². The highest BCUT2D eigenvalue weighted by Crippen LogP contribution is 2.04. The van der Waals surface area contributed by atoms with Crippen LogP contribution in [0.4, 0.5) is 0 Å². The molecular formula is C5H6N6O. The Morgan fingerprint density at radius 1 is 1.50 bits per heavy atom. The number of rotatable bonds is 0. The summed E-state index contributed by atoms with van der Waals surface area (Å²) >= 11 is 0. The van der Waals surface area contributed by atoms with Crippen molar-refractivity contribution in [3.63, 3.8) is 0 Å². The molecule has 7 heteroatoms. The molecule has 62 valence electrons. The number of nitrogen functional groups attached to an aromatic ring is 1. The van der Waals surface area contributed by atoms with E-state index in [-0.39, 0.29) is 5.52 Å². The van der Waals surface area contributed by atoms with Gasteiger partial charge in [0.2, 0.25) is 0 Å². The van der Waals surface area contributed by atoms with Gasteiger partial charge < -0.3 is 5.84 Å². The van der Waals surface area contributed by atoms with Gasteiger partial charge in [-0.25, -0.2) is 0 Å². The zero-order chi connectivity index (χ0) is 8.72. The molecule has 0 radical (unpaired) electrons. The molecule has 12 heavy (non-hydrogen) atoms. The SMILES string of the molecule is Cc1[nH]nc2c(=O)n(N)nnc12. The average Bonchev–Trinajstić information content (AvgIpc) is 2.41. The number of aromatic amines is 1. The highest BCUT2D eigenvalue weighted by molar-refractivity contribution is 5.74. The van der Waals surface area contributed by atoms with Gasteiger partial charge in [-0.15, -0.1) is 9.89 Å². The molecule has 0 unspecified atom stereocenters. The van der Waals surface area contributed by atoms with Crippen molar-refractivity contribution in [3.05, 3.63) is 16.0 Å². The molecule has 0 aliphatic carbocycles. The number of hydrogen-bond acceptors (Lipinski definition) is 5. The third-order valence-corrected chi connectivity index (χ3v) is 1.57. The minimum Gasteiger partial charge on any atom is -0.318 e. The topological polar surface area (TPSA) is 102 Å². The van der Waals surface area contributed by atoms with Crippen molar-refractivity contribution in [1.29, 1.82) is 0 Å². The van der Waals surface area contributed by atoms with Crippen molar-refractivity contribution >= 4 is 11.0 Å². The van der Waals surface area contributed by atoms with Gasteiger partial charge in [0.1, 0.15) is 5.52 Å². The van der Waals surface area contributed by atoms with Crippen molar-refractivity contribution < 1.29 is 0 Å². The van der Waals surface area contributed by atoms with E-state index in [0.29, 0.717) is 16.0 Å². The van der Waals surface area contributed by atoms with E-state index in [2.05, 4.69) is 20.5 Å². The van der Waals surface area contributed by atoms with Crippen LogP contribution in [-0.2, 0) is 0 Å². The monoisotopic (exact) mass is 166 g/mol. The van der Waals surface area contributed by atoms with Crippen molar-refractivity contribution in [3.8, 4) is 0 Å². The number of H-pyrrole nitrogens is 1. The molecule has 0 fully saturated rings. The summed E-state index contributed by atoms with van der Waals surface area (Å²) < 4.78 is 0. The molecule has 0 amide bonds. The van der Waals surface area contributed by atoms with Crippen LogP contribution in [0.25, 0.3) is 11.0 Å². The van der Waals surface area contributed by atoms with Gasteiger partial charge in [-0.05, 0) is 12.1 Å². The van der Waals surface area contributed by atoms with Crippen molar-refractivity contribution in [2.75, 3.05) is 5.84 Å². The van der Waals surface area contributed by atoms with Gasteiger partial charge in [0, 0.05) is 0 Å². The Balaban J connectivity index is 3.03. The summed E-state index contributed by atoms with van der Waals surface area (Å²) in [5, 5.41) is 13.5. The van der Waals surface area contributed by atoms with E-state index in [0.717, 1.165) is 0 Å². The Morgan fingerprint density at radius 2 is 2.25 bits per heavy atom. The summed E-state index contributed by atoms with van der Waals surface area (Å²) in [5.41, 5.74) is 0.922. The highest BCUT2D eigenvalue weighted by Gasteiger charge is 2.08. The third-order valence-electron chi connectivity index (χ3n) is 1.57. The van der Waals surface area contributed by atoms with Crippen LogP contribution in [0.1, 0.15) is 5.69 Å². The lowest BCUT2D eigenvalue weighted by Gasteiger charge is -1.91. The molecule has 2 heterocycles. The van der Waals surface area contributed by atoms with Crippen LogP contribution in [0.5, 0.6) is 0 Å². The molecule has 0 aliphatic heterocycles. The average molecular weight is 166 g/mol. The second-order valence-corrected chi connectivity index (χ2v) is 2.38. The fourth-order valence-corrected chi connectivity index (χ4v) is 0.937. The minimum atomic E-state index is -0.454. The van der Waals surface area contributed by atoms with Crippen LogP contribution in [0.3, 0.4) is 0 Å². The van der Waals surface area contributed by atoms with Gasteiger partial charge in [-0.1, -0.05) is 0 Å². The normalized spacial score (nSPS) is 10.8. The van der Waals surface area contributed by atoms with E-state index in [4.69, 9.17) is 5.84 Å². The van der Waals surface area contributed by atoms with Crippen LogP contribution >= 0.6 is 0 Å². The van der Waals surface area contributed by atoms with Gasteiger partial charge in [0.15, 0.2) is 5.52 Å². The maximum atomic E-state index is 11.2. The summed E-state index contributed by atoms with van der Waals surface area (Å²) in [6.45, 7) is 1.75. The molecule has 0 bridgehead atoms. The Bertz CT molecular complexity index is 482. The zero-order valence-corrected chi connectivity index (χ0v) is 6.27. The van der Waals surface area contributed by atoms with Crippen LogP contribution in [0.2, 0.25) is 0 Å². The molecular weight excluding hydrogens is 160 g/mol. The quantitative estimate of drug-likeness (QED) is 0.465. The standard InChI is InChI=1S/C5H6N6O/c1-2-3-4(8-7-2)5(12)11(6)10-9-3/h6H2,1H3,(H,7,8). The number of hydrogen-bond donors (Lipinski definition) is 2. The first-order valence-electron chi connectivity index (χ1n) is 3.26. The molecule has 0 saturated carbocycles. The second-order valence-electron chi connectivity index (χ2n) is 2.38. The number of nitrogens with zero attached hydrogens (tertiary/aromatic N) is 4. The van der Waals surface area contributed by atoms with Crippen molar-refractivity contribution in [1.82, 2.24) is 25.3 Å². The molecule has 2 rings (SSSR count). The van der Waals surface area contributed by atoms with Crippen LogP contribution in [-0.4, -0.2) is 25.3 Å². The van der Waals surface area contributed by atoms with Crippen molar-refractivity contribution in [2.45, 2.75) is 6.92 Å². The predicted octanol–water partition coefficient (Wildman–Crippen LogP) is -1.46. The third kappa shape index (κ3) is 0.698. The maximum absolute atomic E-state index is 11.2. The second kappa shape index (κ2) is 2.03. The van der Waals surface area contributed by atoms with E-state index < -0.39 is 5.56 Å². The van der Waals surface area contributed by atoms with Crippen LogP contribution in [0, 0.1) is 6.92 Å². The van der Waals surface area contributed by atoms with E-state index in [1.165, 1.54) is 0 Å². The zero-order valence-electron chi connectivity index (χ0n) is 6.27. The molecule has 0 aliphatic rings. The molecule has 2 aromatic heterocycles. The Morgan fingerprint density at radius 3 is 3.00 bits per heavy atom. The van der Waals surface area contributed by atoms with E-state index >= 15 is 0 Å². The molecule has 7 nitrogen and oxygen atoms in total.